The van der Waals surface area contributed by atoms with Crippen LogP contribution in [0.4, 0.5) is 4.39 Å². The zero-order valence-corrected chi connectivity index (χ0v) is 10.9. The maximum Gasteiger partial charge on any atom is 0.124 e. The molecule has 0 amide bonds. The summed E-state index contributed by atoms with van der Waals surface area (Å²) in [6.07, 6.45) is 0. The van der Waals surface area contributed by atoms with Crippen LogP contribution >= 0.6 is 0 Å². The van der Waals surface area contributed by atoms with E-state index in [1.165, 1.54) is 19.2 Å². The lowest BCUT2D eigenvalue weighted by molar-refractivity contribution is 0.405. The Labute approximate surface area is 111 Å². The minimum atomic E-state index is -0.472. The quantitative estimate of drug-likeness (QED) is 0.920. The summed E-state index contributed by atoms with van der Waals surface area (Å²) >= 11 is 0. The molecule has 0 aliphatic rings. The van der Waals surface area contributed by atoms with Crippen LogP contribution in [-0.2, 0) is 0 Å². The normalized spacial score (nSPS) is 12.0. The maximum absolute atomic E-state index is 13.4. The lowest BCUT2D eigenvalue weighted by atomic mass is 9.98. The first-order valence-corrected chi connectivity index (χ1v) is 5.88. The standard InChI is InChI=1S/C15H16FNO2/c1-18-12-5-3-4-10(8-12)15(17)13-9-11(16)6-7-14(13)19-2/h3-9,15H,17H2,1-2H3. The van der Waals surface area contributed by atoms with Crippen LogP contribution in [0.5, 0.6) is 11.5 Å². The zero-order valence-electron chi connectivity index (χ0n) is 10.9. The SMILES string of the molecule is COc1cccc(C(N)c2cc(F)ccc2OC)c1. The monoisotopic (exact) mass is 261 g/mol. The third-order valence-electron chi connectivity index (χ3n) is 2.98. The lowest BCUT2D eigenvalue weighted by Gasteiger charge is -2.16. The van der Waals surface area contributed by atoms with Crippen LogP contribution in [0.25, 0.3) is 0 Å². The first-order chi connectivity index (χ1) is 9.15. The summed E-state index contributed by atoms with van der Waals surface area (Å²) in [5, 5.41) is 0. The highest BCUT2D eigenvalue weighted by Crippen LogP contribution is 2.30. The van der Waals surface area contributed by atoms with E-state index in [2.05, 4.69) is 0 Å². The summed E-state index contributed by atoms with van der Waals surface area (Å²) in [5.74, 6) is 0.939. The van der Waals surface area contributed by atoms with E-state index in [0.29, 0.717) is 17.1 Å². The Morgan fingerprint density at radius 3 is 2.53 bits per heavy atom. The van der Waals surface area contributed by atoms with E-state index in [1.807, 2.05) is 24.3 Å². The van der Waals surface area contributed by atoms with Crippen molar-refractivity contribution in [3.05, 3.63) is 59.4 Å². The van der Waals surface area contributed by atoms with Crippen molar-refractivity contribution < 1.29 is 13.9 Å². The van der Waals surface area contributed by atoms with Gasteiger partial charge in [0.2, 0.25) is 0 Å². The fourth-order valence-corrected chi connectivity index (χ4v) is 1.96. The maximum atomic E-state index is 13.4. The van der Waals surface area contributed by atoms with Crippen molar-refractivity contribution in [3.8, 4) is 11.5 Å². The molecule has 3 nitrogen and oxygen atoms in total. The van der Waals surface area contributed by atoms with Gasteiger partial charge in [-0.2, -0.15) is 0 Å². The molecular formula is C15H16FNO2. The fourth-order valence-electron chi connectivity index (χ4n) is 1.96. The number of halogens is 1. The van der Waals surface area contributed by atoms with Crippen molar-refractivity contribution in [1.29, 1.82) is 0 Å². The molecule has 2 aromatic carbocycles. The van der Waals surface area contributed by atoms with Gasteiger partial charge in [0.15, 0.2) is 0 Å². The van der Waals surface area contributed by atoms with Crippen LogP contribution in [0.3, 0.4) is 0 Å². The van der Waals surface area contributed by atoms with Crippen molar-refractivity contribution in [1.82, 2.24) is 0 Å². The van der Waals surface area contributed by atoms with E-state index in [-0.39, 0.29) is 5.82 Å². The number of benzene rings is 2. The molecule has 0 aromatic heterocycles. The van der Waals surface area contributed by atoms with Crippen molar-refractivity contribution in [2.24, 2.45) is 5.73 Å². The van der Waals surface area contributed by atoms with Crippen molar-refractivity contribution >= 4 is 0 Å². The highest BCUT2D eigenvalue weighted by molar-refractivity contribution is 5.43. The van der Waals surface area contributed by atoms with Gasteiger partial charge in [0.1, 0.15) is 17.3 Å². The smallest absolute Gasteiger partial charge is 0.124 e. The van der Waals surface area contributed by atoms with Crippen LogP contribution in [0.1, 0.15) is 17.2 Å². The molecule has 0 spiro atoms. The minimum absolute atomic E-state index is 0.339. The van der Waals surface area contributed by atoms with E-state index in [9.17, 15) is 4.39 Å². The number of ether oxygens (including phenoxy) is 2. The van der Waals surface area contributed by atoms with Gasteiger partial charge in [0, 0.05) is 5.56 Å². The predicted octanol–water partition coefficient (Wildman–Crippen LogP) is 2.89. The van der Waals surface area contributed by atoms with Gasteiger partial charge in [-0.25, -0.2) is 4.39 Å². The van der Waals surface area contributed by atoms with E-state index < -0.39 is 6.04 Å². The average molecular weight is 261 g/mol. The van der Waals surface area contributed by atoms with Crippen LogP contribution in [0.15, 0.2) is 42.5 Å². The molecule has 19 heavy (non-hydrogen) atoms. The molecule has 0 radical (unpaired) electrons. The third kappa shape index (κ3) is 2.85. The molecule has 1 unspecified atom stereocenters. The summed E-state index contributed by atoms with van der Waals surface area (Å²) < 4.78 is 23.8. The highest BCUT2D eigenvalue weighted by Gasteiger charge is 2.15. The Balaban J connectivity index is 2.42. The van der Waals surface area contributed by atoms with Gasteiger partial charge in [-0.15, -0.1) is 0 Å². The Bertz CT molecular complexity index is 572. The molecule has 0 saturated heterocycles. The number of hydrogen-bond donors (Lipinski definition) is 1. The van der Waals surface area contributed by atoms with Crippen LogP contribution in [-0.4, -0.2) is 14.2 Å². The topological polar surface area (TPSA) is 44.5 Å². The molecule has 2 aromatic rings. The molecule has 2 rings (SSSR count). The van der Waals surface area contributed by atoms with Crippen LogP contribution in [0.2, 0.25) is 0 Å². The predicted molar refractivity (Wildman–Crippen MR) is 72.0 cm³/mol. The molecule has 0 bridgehead atoms. The van der Waals surface area contributed by atoms with E-state index in [4.69, 9.17) is 15.2 Å². The van der Waals surface area contributed by atoms with Crippen molar-refractivity contribution in [2.75, 3.05) is 14.2 Å². The molecule has 0 heterocycles. The van der Waals surface area contributed by atoms with Crippen molar-refractivity contribution in [2.45, 2.75) is 6.04 Å². The van der Waals surface area contributed by atoms with Gasteiger partial charge in [-0.3, -0.25) is 0 Å². The van der Waals surface area contributed by atoms with Gasteiger partial charge in [0.05, 0.1) is 20.3 Å². The average Bonchev–Trinajstić information content (AvgIpc) is 2.46. The van der Waals surface area contributed by atoms with E-state index in [0.717, 1.165) is 5.56 Å². The molecule has 0 saturated carbocycles. The summed E-state index contributed by atoms with van der Waals surface area (Å²) in [6.45, 7) is 0. The fraction of sp³-hybridized carbons (Fsp3) is 0.200. The minimum Gasteiger partial charge on any atom is -0.497 e. The van der Waals surface area contributed by atoms with E-state index in [1.54, 1.807) is 13.2 Å². The molecule has 2 N–H and O–H groups in total. The van der Waals surface area contributed by atoms with Crippen molar-refractivity contribution in [3.63, 3.8) is 0 Å². The van der Waals surface area contributed by atoms with E-state index >= 15 is 0 Å². The summed E-state index contributed by atoms with van der Waals surface area (Å²) in [4.78, 5) is 0. The first kappa shape index (κ1) is 13.4. The van der Waals surface area contributed by atoms with Gasteiger partial charge < -0.3 is 15.2 Å². The molecular weight excluding hydrogens is 245 g/mol. The van der Waals surface area contributed by atoms with Gasteiger partial charge >= 0.3 is 0 Å². The molecule has 0 aliphatic carbocycles. The number of methoxy groups -OCH3 is 2. The molecule has 4 heteroatoms. The molecule has 0 aliphatic heterocycles. The van der Waals surface area contributed by atoms with Crippen LogP contribution in [0, 0.1) is 5.82 Å². The summed E-state index contributed by atoms with van der Waals surface area (Å²) in [7, 11) is 3.13. The molecule has 100 valence electrons. The van der Waals surface area contributed by atoms with Gasteiger partial charge in [-0.05, 0) is 35.9 Å². The van der Waals surface area contributed by atoms with Gasteiger partial charge in [-0.1, -0.05) is 12.1 Å². The lowest BCUT2D eigenvalue weighted by Crippen LogP contribution is -2.13. The highest BCUT2D eigenvalue weighted by atomic mass is 19.1. The van der Waals surface area contributed by atoms with Crippen LogP contribution < -0.4 is 15.2 Å². The first-order valence-electron chi connectivity index (χ1n) is 5.88. The Morgan fingerprint density at radius 1 is 1.05 bits per heavy atom. The number of hydrogen-bond acceptors (Lipinski definition) is 3. The second-order valence-corrected chi connectivity index (χ2v) is 4.14. The zero-order chi connectivity index (χ0) is 13.8. The second-order valence-electron chi connectivity index (χ2n) is 4.14. The largest absolute Gasteiger partial charge is 0.497 e. The number of nitrogens with two attached hydrogens (primary N) is 1. The Morgan fingerprint density at radius 2 is 1.84 bits per heavy atom. The third-order valence-corrected chi connectivity index (χ3v) is 2.98. The summed E-state index contributed by atoms with van der Waals surface area (Å²) in [5.41, 5.74) is 7.63. The van der Waals surface area contributed by atoms with Gasteiger partial charge in [0.25, 0.3) is 0 Å². The number of rotatable bonds is 4. The molecule has 1 atom stereocenters. The molecule has 0 fully saturated rings. The second kappa shape index (κ2) is 5.71. The summed E-state index contributed by atoms with van der Waals surface area (Å²) in [6, 6.07) is 11.2. The Hall–Kier alpha value is -2.07. The Kier molecular flexibility index (Phi) is 4.02.